The van der Waals surface area contributed by atoms with Gasteiger partial charge in [-0.2, -0.15) is 0 Å². The Hall–Kier alpha value is -2.83. The maximum Gasteiger partial charge on any atom is 0.329 e. The average molecular weight is 457 g/mol. The summed E-state index contributed by atoms with van der Waals surface area (Å²) in [6, 6.07) is 0. The zero-order valence-electron chi connectivity index (χ0n) is 18.0. The first-order valence-electron chi connectivity index (χ1n) is 10.4. The van der Waals surface area contributed by atoms with Crippen molar-refractivity contribution in [1.29, 1.82) is 0 Å². The second-order valence-electron chi connectivity index (χ2n) is 6.78. The number of aliphatic carboxylic acids is 1. The van der Waals surface area contributed by atoms with Gasteiger partial charge in [-0.15, -0.1) is 0 Å². The van der Waals surface area contributed by atoms with Crippen LogP contribution in [-0.4, -0.2) is 98.9 Å². The number of nitrogens with zero attached hydrogens (tertiary/aromatic N) is 1. The Balaban J connectivity index is 1.82. The summed E-state index contributed by atoms with van der Waals surface area (Å²) in [4.78, 5) is 57.2. The molecule has 0 atom stereocenters. The van der Waals surface area contributed by atoms with Crippen LogP contribution in [-0.2, 0) is 38.2 Å². The molecule has 12 heteroatoms. The molecule has 0 bridgehead atoms. The Morgan fingerprint density at radius 1 is 0.781 bits per heavy atom. The summed E-state index contributed by atoms with van der Waals surface area (Å²) >= 11 is 0. The minimum atomic E-state index is -1.14. The number of nitrogens with one attached hydrogen (secondary N) is 2. The third-order valence-electron chi connectivity index (χ3n) is 4.15. The number of carboxylic acid groups (broad SMARTS) is 1. The molecule has 0 aliphatic carbocycles. The molecule has 0 fully saturated rings. The molecule has 1 aliphatic heterocycles. The first-order valence-corrected chi connectivity index (χ1v) is 10.4. The van der Waals surface area contributed by atoms with Gasteiger partial charge in [0.2, 0.25) is 11.8 Å². The highest BCUT2D eigenvalue weighted by Gasteiger charge is 2.22. The summed E-state index contributed by atoms with van der Waals surface area (Å²) in [5, 5.41) is 13.6. The Morgan fingerprint density at radius 2 is 1.38 bits per heavy atom. The number of carbonyl (C=O) groups is 5. The minimum absolute atomic E-state index is 0.0806. The fourth-order valence-electron chi connectivity index (χ4n) is 2.60. The molecule has 0 radical (unpaired) electrons. The number of hydrogen-bond donors (Lipinski definition) is 3. The number of carbonyl (C=O) groups excluding carboxylic acids is 4. The smallest absolute Gasteiger partial charge is 0.329 e. The van der Waals surface area contributed by atoms with Crippen LogP contribution in [0.1, 0.15) is 25.7 Å². The second kappa shape index (κ2) is 16.8. The van der Waals surface area contributed by atoms with E-state index in [4.69, 9.17) is 14.6 Å². The van der Waals surface area contributed by atoms with Crippen molar-refractivity contribution in [2.75, 3.05) is 59.3 Å². The third kappa shape index (κ3) is 13.5. The fraction of sp³-hybridized carbons (Fsp3) is 0.650. The van der Waals surface area contributed by atoms with Crippen LogP contribution in [0.15, 0.2) is 12.2 Å². The molecule has 0 spiro atoms. The van der Waals surface area contributed by atoms with E-state index in [9.17, 15) is 24.0 Å². The van der Waals surface area contributed by atoms with Gasteiger partial charge in [0, 0.05) is 38.2 Å². The fourth-order valence-corrected chi connectivity index (χ4v) is 2.60. The monoisotopic (exact) mass is 457 g/mol. The molecule has 1 heterocycles. The molecule has 1 rings (SSSR count). The number of amides is 4. The van der Waals surface area contributed by atoms with Gasteiger partial charge < -0.3 is 30.0 Å². The molecule has 0 aromatic carbocycles. The Labute approximate surface area is 186 Å². The van der Waals surface area contributed by atoms with Gasteiger partial charge in [-0.05, 0) is 12.8 Å². The number of imide groups is 1. The summed E-state index contributed by atoms with van der Waals surface area (Å²) in [5.41, 5.74) is 0. The number of rotatable bonds is 19. The van der Waals surface area contributed by atoms with Gasteiger partial charge in [0.1, 0.15) is 13.2 Å². The molecule has 0 unspecified atom stereocenters. The first kappa shape index (κ1) is 27.2. The highest BCUT2D eigenvalue weighted by atomic mass is 16.5. The number of unbranched alkanes of at least 4 members (excludes halogenated alkanes) is 2. The minimum Gasteiger partial charge on any atom is -0.480 e. The van der Waals surface area contributed by atoms with Crippen LogP contribution in [0.25, 0.3) is 0 Å². The van der Waals surface area contributed by atoms with E-state index < -0.39 is 18.5 Å². The van der Waals surface area contributed by atoms with Gasteiger partial charge in [-0.3, -0.25) is 24.1 Å². The van der Waals surface area contributed by atoms with E-state index >= 15 is 0 Å². The van der Waals surface area contributed by atoms with E-state index in [0.717, 1.165) is 6.42 Å². The summed E-state index contributed by atoms with van der Waals surface area (Å²) in [6.07, 6.45) is 4.97. The standard InChI is InChI=1S/C20H31N3O9/c24-16(4-2-1-3-9-23-18(26)5-6-19(23)27)21-7-10-30-12-13-31-11-8-22-17(25)14-32-15-20(28)29/h5-6H,1-4,7-15H2,(H,21,24)(H,22,25)(H,28,29). The molecular weight excluding hydrogens is 426 g/mol. The Kier molecular flexibility index (Phi) is 14.3. The van der Waals surface area contributed by atoms with Crippen LogP contribution in [0.2, 0.25) is 0 Å². The van der Waals surface area contributed by atoms with E-state index in [1.807, 2.05) is 0 Å². The maximum atomic E-state index is 11.7. The number of hydrogen-bond acceptors (Lipinski definition) is 8. The van der Waals surface area contributed by atoms with E-state index in [2.05, 4.69) is 15.4 Å². The Bertz CT molecular complexity index is 649. The normalized spacial score (nSPS) is 12.9. The van der Waals surface area contributed by atoms with Crippen molar-refractivity contribution in [3.05, 3.63) is 12.2 Å². The van der Waals surface area contributed by atoms with Crippen molar-refractivity contribution in [2.24, 2.45) is 0 Å². The molecule has 3 N–H and O–H groups in total. The molecule has 1 aliphatic rings. The van der Waals surface area contributed by atoms with Crippen LogP contribution in [0, 0.1) is 0 Å². The molecular formula is C20H31N3O9. The number of carboxylic acids is 1. The lowest BCUT2D eigenvalue weighted by Gasteiger charge is -2.13. The molecule has 32 heavy (non-hydrogen) atoms. The predicted molar refractivity (Wildman–Crippen MR) is 110 cm³/mol. The zero-order chi connectivity index (χ0) is 23.6. The van der Waals surface area contributed by atoms with Crippen LogP contribution in [0.3, 0.4) is 0 Å². The zero-order valence-corrected chi connectivity index (χ0v) is 18.0. The topological polar surface area (TPSA) is 161 Å². The Morgan fingerprint density at radius 3 is 1.97 bits per heavy atom. The average Bonchev–Trinajstić information content (AvgIpc) is 3.06. The second-order valence-corrected chi connectivity index (χ2v) is 6.78. The lowest BCUT2D eigenvalue weighted by atomic mass is 10.2. The molecule has 0 saturated carbocycles. The largest absolute Gasteiger partial charge is 0.480 e. The van der Waals surface area contributed by atoms with Crippen LogP contribution in [0.4, 0.5) is 0 Å². The van der Waals surface area contributed by atoms with E-state index in [0.29, 0.717) is 52.2 Å². The molecule has 4 amide bonds. The lowest BCUT2D eigenvalue weighted by molar-refractivity contribution is -0.144. The summed E-state index contributed by atoms with van der Waals surface area (Å²) < 4.78 is 15.2. The SMILES string of the molecule is O=C(O)COCC(=O)NCCOCCOCCNC(=O)CCCCCN1C(=O)C=CC1=O. The van der Waals surface area contributed by atoms with E-state index in [1.54, 1.807) is 0 Å². The van der Waals surface area contributed by atoms with E-state index in [-0.39, 0.29) is 37.5 Å². The van der Waals surface area contributed by atoms with Crippen molar-refractivity contribution in [2.45, 2.75) is 25.7 Å². The summed E-state index contributed by atoms with van der Waals surface area (Å²) in [7, 11) is 0. The van der Waals surface area contributed by atoms with Gasteiger partial charge in [0.25, 0.3) is 11.8 Å². The first-order chi connectivity index (χ1) is 15.4. The summed E-state index contributed by atoms with van der Waals surface area (Å²) in [5.74, 6) is -2.21. The maximum absolute atomic E-state index is 11.7. The van der Waals surface area contributed by atoms with Crippen molar-refractivity contribution in [3.63, 3.8) is 0 Å². The molecule has 0 aromatic rings. The third-order valence-corrected chi connectivity index (χ3v) is 4.15. The van der Waals surface area contributed by atoms with Gasteiger partial charge in [-0.1, -0.05) is 6.42 Å². The van der Waals surface area contributed by atoms with Gasteiger partial charge >= 0.3 is 5.97 Å². The lowest BCUT2D eigenvalue weighted by Crippen LogP contribution is -2.31. The molecule has 0 aromatic heterocycles. The van der Waals surface area contributed by atoms with Crippen molar-refractivity contribution in [1.82, 2.24) is 15.5 Å². The van der Waals surface area contributed by atoms with Crippen LogP contribution in [0.5, 0.6) is 0 Å². The van der Waals surface area contributed by atoms with E-state index in [1.165, 1.54) is 17.1 Å². The van der Waals surface area contributed by atoms with Crippen molar-refractivity contribution < 1.29 is 43.3 Å². The number of ether oxygens (including phenoxy) is 3. The highest BCUT2D eigenvalue weighted by molar-refractivity contribution is 6.12. The van der Waals surface area contributed by atoms with Gasteiger partial charge in [0.15, 0.2) is 0 Å². The van der Waals surface area contributed by atoms with Crippen molar-refractivity contribution >= 4 is 29.6 Å². The van der Waals surface area contributed by atoms with Gasteiger partial charge in [-0.25, -0.2) is 4.79 Å². The van der Waals surface area contributed by atoms with Gasteiger partial charge in [0.05, 0.1) is 26.4 Å². The van der Waals surface area contributed by atoms with Crippen LogP contribution < -0.4 is 10.6 Å². The quantitative estimate of drug-likeness (QED) is 0.160. The molecule has 12 nitrogen and oxygen atoms in total. The molecule has 0 saturated heterocycles. The predicted octanol–water partition coefficient (Wildman–Crippen LogP) is -1.16. The van der Waals surface area contributed by atoms with Crippen LogP contribution >= 0.6 is 0 Å². The highest BCUT2D eigenvalue weighted by Crippen LogP contribution is 2.07. The van der Waals surface area contributed by atoms with Crippen molar-refractivity contribution in [3.8, 4) is 0 Å². The molecule has 180 valence electrons. The summed E-state index contributed by atoms with van der Waals surface area (Å²) in [6.45, 7) is 1.48.